The molecule has 0 saturated carbocycles. The van der Waals surface area contributed by atoms with Crippen LogP contribution in [0.2, 0.25) is 0 Å². The van der Waals surface area contributed by atoms with Crippen molar-refractivity contribution >= 4 is 17.9 Å². The van der Waals surface area contributed by atoms with E-state index in [2.05, 4.69) is 154 Å². The Balaban J connectivity index is 4.50. The lowest BCUT2D eigenvalue weighted by Crippen LogP contribution is -2.30. The second-order valence-corrected chi connectivity index (χ2v) is 21.6. The number of esters is 3. The van der Waals surface area contributed by atoms with Crippen LogP contribution < -0.4 is 0 Å². The van der Waals surface area contributed by atoms with Gasteiger partial charge in [0.1, 0.15) is 13.2 Å². The maximum Gasteiger partial charge on any atom is 0.306 e. The smallest absolute Gasteiger partial charge is 0.306 e. The van der Waals surface area contributed by atoms with Crippen LogP contribution in [0.15, 0.2) is 134 Å². The van der Waals surface area contributed by atoms with Crippen LogP contribution in [-0.4, -0.2) is 37.2 Å². The van der Waals surface area contributed by atoms with Crippen molar-refractivity contribution in [3.63, 3.8) is 0 Å². The van der Waals surface area contributed by atoms with Crippen LogP contribution in [0.5, 0.6) is 0 Å². The Morgan fingerprint density at radius 3 is 0.787 bits per heavy atom. The van der Waals surface area contributed by atoms with Gasteiger partial charge in [-0.1, -0.05) is 270 Å². The highest BCUT2D eigenvalue weighted by Crippen LogP contribution is 2.14. The first-order chi connectivity index (χ1) is 39.5. The minimum atomic E-state index is -0.809. The molecular weight excluding hydrogens is 985 g/mol. The molecule has 0 radical (unpaired) electrons. The lowest BCUT2D eigenvalue weighted by molar-refractivity contribution is -0.167. The number of rotatable bonds is 59. The lowest BCUT2D eigenvalue weighted by atomic mass is 10.1. The van der Waals surface area contributed by atoms with Gasteiger partial charge in [-0.2, -0.15) is 0 Å². The van der Waals surface area contributed by atoms with Gasteiger partial charge in [0.05, 0.1) is 0 Å². The molecule has 0 aliphatic heterocycles. The van der Waals surface area contributed by atoms with Crippen molar-refractivity contribution in [2.24, 2.45) is 0 Å². The molecule has 0 amide bonds. The topological polar surface area (TPSA) is 78.9 Å². The predicted molar refractivity (Wildman–Crippen MR) is 348 cm³/mol. The Morgan fingerprint density at radius 1 is 0.263 bits per heavy atom. The van der Waals surface area contributed by atoms with Crippen molar-refractivity contribution in [2.45, 2.75) is 303 Å². The summed E-state index contributed by atoms with van der Waals surface area (Å²) >= 11 is 0. The van der Waals surface area contributed by atoms with Crippen LogP contribution in [0, 0.1) is 0 Å². The van der Waals surface area contributed by atoms with Crippen molar-refractivity contribution in [2.75, 3.05) is 13.2 Å². The maximum atomic E-state index is 12.9. The van der Waals surface area contributed by atoms with Crippen LogP contribution in [0.1, 0.15) is 297 Å². The van der Waals surface area contributed by atoms with Gasteiger partial charge in [0.2, 0.25) is 0 Å². The number of unbranched alkanes of at least 4 members (excludes halogenated alkanes) is 26. The molecule has 0 heterocycles. The minimum absolute atomic E-state index is 0.102. The Morgan fingerprint density at radius 2 is 0.487 bits per heavy atom. The van der Waals surface area contributed by atoms with E-state index in [4.69, 9.17) is 14.2 Å². The van der Waals surface area contributed by atoms with Crippen molar-refractivity contribution in [1.29, 1.82) is 0 Å². The summed E-state index contributed by atoms with van der Waals surface area (Å²) in [6.45, 7) is 6.48. The first-order valence-electron chi connectivity index (χ1n) is 33.2. The van der Waals surface area contributed by atoms with E-state index in [-0.39, 0.29) is 31.1 Å². The third-order valence-electron chi connectivity index (χ3n) is 13.9. The van der Waals surface area contributed by atoms with Crippen LogP contribution in [0.3, 0.4) is 0 Å². The van der Waals surface area contributed by atoms with Gasteiger partial charge >= 0.3 is 17.9 Å². The highest BCUT2D eigenvalue weighted by molar-refractivity contribution is 5.71. The Bertz CT molecular complexity index is 1700. The number of carbonyl (C=O) groups excluding carboxylic acids is 3. The highest BCUT2D eigenvalue weighted by Gasteiger charge is 2.19. The van der Waals surface area contributed by atoms with E-state index in [9.17, 15) is 14.4 Å². The highest BCUT2D eigenvalue weighted by atomic mass is 16.6. The summed E-state index contributed by atoms with van der Waals surface area (Å²) in [5.41, 5.74) is 0. The van der Waals surface area contributed by atoms with Gasteiger partial charge in [-0.3, -0.25) is 14.4 Å². The molecule has 0 saturated heterocycles. The van der Waals surface area contributed by atoms with Crippen LogP contribution in [-0.2, 0) is 28.6 Å². The molecule has 1 atom stereocenters. The van der Waals surface area contributed by atoms with Gasteiger partial charge in [0.15, 0.2) is 6.10 Å². The second-order valence-electron chi connectivity index (χ2n) is 21.6. The third-order valence-corrected chi connectivity index (χ3v) is 13.9. The van der Waals surface area contributed by atoms with Gasteiger partial charge in [-0.25, -0.2) is 0 Å². The molecule has 0 aromatic carbocycles. The predicted octanol–water partition coefficient (Wildman–Crippen LogP) is 22.9. The summed E-state index contributed by atoms with van der Waals surface area (Å²) < 4.78 is 16.9. The normalized spacial score (nSPS) is 13.0. The summed E-state index contributed by atoms with van der Waals surface area (Å²) in [6.07, 6.45) is 94.5. The molecule has 0 N–H and O–H groups in total. The summed E-state index contributed by atoms with van der Waals surface area (Å²) in [5, 5.41) is 0. The molecule has 6 heteroatoms. The molecular formula is C74H122O6. The zero-order valence-electron chi connectivity index (χ0n) is 52.0. The van der Waals surface area contributed by atoms with Gasteiger partial charge in [-0.05, 0) is 141 Å². The standard InChI is InChI=1S/C74H122O6/c1-4-7-10-13-16-19-22-25-28-31-33-35-36-37-38-40-41-43-46-49-52-55-58-61-64-67-73(76)79-70-71(69-78-72(75)66-63-60-57-54-51-48-45-30-27-24-21-18-15-12-9-6-3)80-74(77)68-65-62-59-56-53-50-47-44-42-39-34-32-29-26-23-20-17-14-11-8-5-2/h7,10,16,19,23,25-26,28,30,32-35,37-38,41-45,49,52,71H,4-6,8-9,11-15,17-18,20-22,24,27,29,31,36,39-40,46-48,50-51,53-70H2,1-3H3/b10-7-,19-16-,26-23-,28-25-,34-32-,35-33-,38-37-,43-41-,44-42-,45-30-,52-49-. The molecule has 0 aromatic heterocycles. The van der Waals surface area contributed by atoms with Crippen LogP contribution in [0.4, 0.5) is 0 Å². The third kappa shape index (κ3) is 64.4. The molecule has 0 bridgehead atoms. The van der Waals surface area contributed by atoms with Crippen molar-refractivity contribution in [1.82, 2.24) is 0 Å². The molecule has 0 aliphatic rings. The van der Waals surface area contributed by atoms with Gasteiger partial charge in [-0.15, -0.1) is 0 Å². The number of hydrogen-bond donors (Lipinski definition) is 0. The van der Waals surface area contributed by atoms with Gasteiger partial charge in [0.25, 0.3) is 0 Å². The fraction of sp³-hybridized carbons (Fsp3) is 0.662. The maximum absolute atomic E-state index is 12.9. The fourth-order valence-corrected chi connectivity index (χ4v) is 8.89. The molecule has 454 valence electrons. The Labute approximate surface area is 494 Å². The number of allylic oxidation sites excluding steroid dienone is 22. The average Bonchev–Trinajstić information content (AvgIpc) is 3.46. The monoisotopic (exact) mass is 1110 g/mol. The Kier molecular flexibility index (Phi) is 63.3. The summed E-state index contributed by atoms with van der Waals surface area (Å²) in [4.78, 5) is 38.4. The van der Waals surface area contributed by atoms with Crippen LogP contribution >= 0.6 is 0 Å². The zero-order chi connectivity index (χ0) is 57.8. The largest absolute Gasteiger partial charge is 0.462 e. The lowest BCUT2D eigenvalue weighted by Gasteiger charge is -2.18. The van der Waals surface area contributed by atoms with E-state index in [1.165, 1.54) is 109 Å². The first-order valence-corrected chi connectivity index (χ1v) is 33.2. The van der Waals surface area contributed by atoms with E-state index in [1.54, 1.807) is 0 Å². The quantitative estimate of drug-likeness (QED) is 0.0261. The van der Waals surface area contributed by atoms with E-state index < -0.39 is 6.10 Å². The minimum Gasteiger partial charge on any atom is -0.462 e. The summed E-state index contributed by atoms with van der Waals surface area (Å²) in [6, 6.07) is 0. The first kappa shape index (κ1) is 75.5. The van der Waals surface area contributed by atoms with Crippen LogP contribution in [0.25, 0.3) is 0 Å². The molecule has 1 unspecified atom stereocenters. The summed E-state index contributed by atoms with van der Waals surface area (Å²) in [5.74, 6) is -0.952. The zero-order valence-corrected chi connectivity index (χ0v) is 52.0. The fourth-order valence-electron chi connectivity index (χ4n) is 8.89. The molecule has 0 spiro atoms. The van der Waals surface area contributed by atoms with Gasteiger partial charge in [0, 0.05) is 19.3 Å². The molecule has 80 heavy (non-hydrogen) atoms. The number of ether oxygens (including phenoxy) is 3. The van der Waals surface area contributed by atoms with Crippen molar-refractivity contribution in [3.8, 4) is 0 Å². The molecule has 0 rings (SSSR count). The van der Waals surface area contributed by atoms with E-state index in [0.29, 0.717) is 19.3 Å². The van der Waals surface area contributed by atoms with E-state index in [0.717, 1.165) is 148 Å². The number of carbonyl (C=O) groups is 3. The molecule has 0 aromatic rings. The van der Waals surface area contributed by atoms with Crippen molar-refractivity contribution in [3.05, 3.63) is 134 Å². The molecule has 6 nitrogen and oxygen atoms in total. The molecule has 0 aliphatic carbocycles. The van der Waals surface area contributed by atoms with E-state index in [1.807, 2.05) is 0 Å². The Hall–Kier alpha value is -4.45. The number of hydrogen-bond acceptors (Lipinski definition) is 6. The SMILES string of the molecule is CC/C=C\C/C=C\C/C=C\C/C=C\C/C=C\C/C=C\C/C=C\CCCCCC(=O)OCC(COC(=O)CCCCCCC/C=C\CCCCCCCCC)OC(=O)CCCCCCCC/C=C\C/C=C\C/C=C\CCCCCCC. The second kappa shape index (κ2) is 67.1. The summed E-state index contributed by atoms with van der Waals surface area (Å²) in [7, 11) is 0. The van der Waals surface area contributed by atoms with Gasteiger partial charge < -0.3 is 14.2 Å². The average molecular weight is 1110 g/mol. The van der Waals surface area contributed by atoms with E-state index >= 15 is 0 Å². The molecule has 0 fully saturated rings. The van der Waals surface area contributed by atoms with Crippen molar-refractivity contribution < 1.29 is 28.6 Å².